The molecule has 29 heavy (non-hydrogen) atoms. The van der Waals surface area contributed by atoms with Gasteiger partial charge in [0.2, 0.25) is 0 Å². The number of carbonyl (C=O) groups is 2. The standard InChI is InChI=1S/C24H27N3O2/c28-23(22-15-20-16-25-13-12-21(20)26-22)11-5-4-7-18-8-6-14-27(17-18)24(29)19-9-2-1-3-10-19/h1-3,9-10,12-13,15-16,18,26H,4-8,11,14,17H2. The minimum Gasteiger partial charge on any atom is -0.352 e. The molecule has 1 aliphatic rings. The lowest BCUT2D eigenvalue weighted by Crippen LogP contribution is -2.39. The van der Waals surface area contributed by atoms with E-state index in [0.29, 0.717) is 18.0 Å². The Labute approximate surface area is 171 Å². The first-order chi connectivity index (χ1) is 14.2. The molecule has 5 heteroatoms. The minimum absolute atomic E-state index is 0.138. The minimum atomic E-state index is 0.138. The summed E-state index contributed by atoms with van der Waals surface area (Å²) in [5.74, 6) is 0.829. The molecule has 0 aliphatic carbocycles. The number of H-pyrrole nitrogens is 1. The molecule has 2 aromatic heterocycles. The summed E-state index contributed by atoms with van der Waals surface area (Å²) >= 11 is 0. The fourth-order valence-corrected chi connectivity index (χ4v) is 4.22. The number of hydrogen-bond acceptors (Lipinski definition) is 3. The van der Waals surface area contributed by atoms with Gasteiger partial charge < -0.3 is 9.88 Å². The maximum absolute atomic E-state index is 12.7. The van der Waals surface area contributed by atoms with Crippen molar-refractivity contribution in [3.8, 4) is 0 Å². The number of pyridine rings is 1. The predicted molar refractivity (Wildman–Crippen MR) is 114 cm³/mol. The molecule has 1 aromatic carbocycles. The number of aromatic nitrogens is 2. The number of fused-ring (bicyclic) bond motifs is 1. The van der Waals surface area contributed by atoms with Crippen LogP contribution in [0.5, 0.6) is 0 Å². The van der Waals surface area contributed by atoms with Crippen LogP contribution in [0.25, 0.3) is 10.9 Å². The third kappa shape index (κ3) is 4.73. The molecule has 4 rings (SSSR count). The van der Waals surface area contributed by atoms with E-state index in [9.17, 15) is 9.59 Å². The van der Waals surface area contributed by atoms with Gasteiger partial charge in [-0.3, -0.25) is 14.6 Å². The van der Waals surface area contributed by atoms with Gasteiger partial charge in [-0.25, -0.2) is 0 Å². The number of Topliss-reactive ketones (excluding diaryl/α,β-unsaturated/α-hetero) is 1. The second-order valence-electron chi connectivity index (χ2n) is 7.94. The lowest BCUT2D eigenvalue weighted by atomic mass is 9.91. The van der Waals surface area contributed by atoms with Gasteiger partial charge in [0.25, 0.3) is 5.91 Å². The van der Waals surface area contributed by atoms with Crippen molar-refractivity contribution in [1.29, 1.82) is 0 Å². The number of likely N-dealkylation sites (tertiary alicyclic amines) is 1. The molecule has 5 nitrogen and oxygen atoms in total. The molecule has 1 amide bonds. The Hall–Kier alpha value is -2.95. The highest BCUT2D eigenvalue weighted by molar-refractivity contribution is 5.99. The molecule has 1 fully saturated rings. The third-order valence-electron chi connectivity index (χ3n) is 5.81. The van der Waals surface area contributed by atoms with E-state index in [1.165, 1.54) is 6.42 Å². The zero-order chi connectivity index (χ0) is 20.1. The highest BCUT2D eigenvalue weighted by Crippen LogP contribution is 2.24. The maximum atomic E-state index is 12.7. The highest BCUT2D eigenvalue weighted by Gasteiger charge is 2.24. The molecule has 0 radical (unpaired) electrons. The summed E-state index contributed by atoms with van der Waals surface area (Å²) in [6.07, 6.45) is 9.26. The first-order valence-electron chi connectivity index (χ1n) is 10.5. The van der Waals surface area contributed by atoms with Crippen LogP contribution >= 0.6 is 0 Å². The molecule has 1 atom stereocenters. The van der Waals surface area contributed by atoms with E-state index in [0.717, 1.165) is 55.2 Å². The molecule has 1 unspecified atom stereocenters. The van der Waals surface area contributed by atoms with Crippen LogP contribution in [0.2, 0.25) is 0 Å². The fraction of sp³-hybridized carbons (Fsp3) is 0.375. The number of nitrogens with one attached hydrogen (secondary N) is 1. The number of amides is 1. The summed E-state index contributed by atoms with van der Waals surface area (Å²) in [6.45, 7) is 1.68. The summed E-state index contributed by atoms with van der Waals surface area (Å²) in [5.41, 5.74) is 2.39. The Bertz CT molecular complexity index is 947. The number of ketones is 1. The number of rotatable bonds is 7. The zero-order valence-electron chi connectivity index (χ0n) is 16.6. The lowest BCUT2D eigenvalue weighted by molar-refractivity contribution is 0.0666. The van der Waals surface area contributed by atoms with Crippen LogP contribution in [0.3, 0.4) is 0 Å². The second-order valence-corrected chi connectivity index (χ2v) is 7.94. The van der Waals surface area contributed by atoms with E-state index < -0.39 is 0 Å². The van der Waals surface area contributed by atoms with Crippen molar-refractivity contribution in [1.82, 2.24) is 14.9 Å². The molecule has 150 valence electrons. The molecular weight excluding hydrogens is 362 g/mol. The zero-order valence-corrected chi connectivity index (χ0v) is 16.6. The number of piperidine rings is 1. The average Bonchev–Trinajstić information content (AvgIpc) is 3.21. The summed E-state index contributed by atoms with van der Waals surface area (Å²) in [5, 5.41) is 0.973. The van der Waals surface area contributed by atoms with Crippen LogP contribution in [0.15, 0.2) is 54.9 Å². The molecule has 0 bridgehead atoms. The topological polar surface area (TPSA) is 66.1 Å². The highest BCUT2D eigenvalue weighted by atomic mass is 16.2. The van der Waals surface area contributed by atoms with E-state index in [4.69, 9.17) is 0 Å². The Kier molecular flexibility index (Phi) is 6.03. The normalized spacial score (nSPS) is 16.8. The number of aromatic amines is 1. The van der Waals surface area contributed by atoms with Gasteiger partial charge in [-0.1, -0.05) is 24.6 Å². The van der Waals surface area contributed by atoms with Gasteiger partial charge in [-0.2, -0.15) is 0 Å². The summed E-state index contributed by atoms with van der Waals surface area (Å²) in [4.78, 5) is 34.4. The van der Waals surface area contributed by atoms with Crippen LogP contribution in [-0.4, -0.2) is 39.6 Å². The number of hydrogen-bond donors (Lipinski definition) is 1. The smallest absolute Gasteiger partial charge is 0.253 e. The molecule has 3 aromatic rings. The Balaban J connectivity index is 1.23. The Morgan fingerprint density at radius 3 is 2.83 bits per heavy atom. The summed E-state index contributed by atoms with van der Waals surface area (Å²) in [6, 6.07) is 13.3. The van der Waals surface area contributed by atoms with Crippen molar-refractivity contribution < 1.29 is 9.59 Å². The predicted octanol–water partition coefficient (Wildman–Crippen LogP) is 4.86. The number of unbranched alkanes of at least 4 members (excludes halogenated alkanes) is 1. The van der Waals surface area contributed by atoms with E-state index >= 15 is 0 Å². The van der Waals surface area contributed by atoms with Gasteiger partial charge in [0, 0.05) is 48.4 Å². The summed E-state index contributed by atoms with van der Waals surface area (Å²) in [7, 11) is 0. The molecule has 1 N–H and O–H groups in total. The van der Waals surface area contributed by atoms with Crippen LogP contribution in [-0.2, 0) is 0 Å². The number of carbonyl (C=O) groups excluding carboxylic acids is 2. The van der Waals surface area contributed by atoms with Crippen LogP contribution in [0, 0.1) is 5.92 Å². The van der Waals surface area contributed by atoms with Crippen molar-refractivity contribution >= 4 is 22.6 Å². The number of nitrogens with zero attached hydrogens (tertiary/aromatic N) is 2. The molecular formula is C24H27N3O2. The molecule has 1 saturated heterocycles. The monoisotopic (exact) mass is 389 g/mol. The largest absolute Gasteiger partial charge is 0.352 e. The Morgan fingerprint density at radius 1 is 1.14 bits per heavy atom. The van der Waals surface area contributed by atoms with Gasteiger partial charge in [0.1, 0.15) is 0 Å². The Morgan fingerprint density at radius 2 is 2.00 bits per heavy atom. The van der Waals surface area contributed by atoms with E-state index in [1.807, 2.05) is 47.4 Å². The van der Waals surface area contributed by atoms with Crippen LogP contribution in [0.4, 0.5) is 0 Å². The number of benzene rings is 1. The average molecular weight is 389 g/mol. The van der Waals surface area contributed by atoms with Gasteiger partial charge in [-0.05, 0) is 55.9 Å². The fourth-order valence-electron chi connectivity index (χ4n) is 4.22. The first-order valence-corrected chi connectivity index (χ1v) is 10.5. The van der Waals surface area contributed by atoms with Crippen molar-refractivity contribution in [2.75, 3.05) is 13.1 Å². The van der Waals surface area contributed by atoms with E-state index in [2.05, 4.69) is 9.97 Å². The molecule has 3 heterocycles. The van der Waals surface area contributed by atoms with Crippen LogP contribution in [0.1, 0.15) is 59.4 Å². The van der Waals surface area contributed by atoms with E-state index in [-0.39, 0.29) is 11.7 Å². The van der Waals surface area contributed by atoms with Gasteiger partial charge in [-0.15, -0.1) is 0 Å². The SMILES string of the molecule is O=C(CCCCC1CCCN(C(=O)c2ccccc2)C1)c1cc2cnccc2[nH]1. The van der Waals surface area contributed by atoms with Crippen molar-refractivity contribution in [3.63, 3.8) is 0 Å². The van der Waals surface area contributed by atoms with Crippen LogP contribution < -0.4 is 0 Å². The lowest BCUT2D eigenvalue weighted by Gasteiger charge is -2.33. The van der Waals surface area contributed by atoms with Crippen molar-refractivity contribution in [2.24, 2.45) is 5.92 Å². The van der Waals surface area contributed by atoms with Gasteiger partial charge in [0.05, 0.1) is 5.69 Å². The molecule has 0 spiro atoms. The quantitative estimate of drug-likeness (QED) is 0.464. The molecule has 1 aliphatic heterocycles. The van der Waals surface area contributed by atoms with Gasteiger partial charge >= 0.3 is 0 Å². The van der Waals surface area contributed by atoms with E-state index in [1.54, 1.807) is 12.4 Å². The molecule has 0 saturated carbocycles. The first kappa shape index (κ1) is 19.4. The second kappa shape index (κ2) is 9.03. The third-order valence-corrected chi connectivity index (χ3v) is 5.81. The maximum Gasteiger partial charge on any atom is 0.253 e. The van der Waals surface area contributed by atoms with Crippen molar-refractivity contribution in [2.45, 2.75) is 38.5 Å². The van der Waals surface area contributed by atoms with Crippen molar-refractivity contribution in [3.05, 3.63) is 66.1 Å². The van der Waals surface area contributed by atoms with Gasteiger partial charge in [0.15, 0.2) is 5.78 Å². The summed E-state index contributed by atoms with van der Waals surface area (Å²) < 4.78 is 0.